The second-order valence-electron chi connectivity index (χ2n) is 7.81. The molecule has 0 radical (unpaired) electrons. The topological polar surface area (TPSA) is 106 Å². The molecule has 1 aliphatic carbocycles. The van der Waals surface area contributed by atoms with Crippen molar-refractivity contribution in [3.63, 3.8) is 0 Å². The molecule has 0 atom stereocenters. The normalized spacial score (nSPS) is 17.8. The molecular weight excluding hydrogens is 392 g/mol. The number of nitrogens with one attached hydrogen (secondary N) is 2. The van der Waals surface area contributed by atoms with Crippen molar-refractivity contribution >= 4 is 22.6 Å². The van der Waals surface area contributed by atoms with Gasteiger partial charge in [-0.15, -0.1) is 0 Å². The number of amides is 1. The highest BCUT2D eigenvalue weighted by Gasteiger charge is 2.35. The lowest BCUT2D eigenvalue weighted by Gasteiger charge is -2.34. The maximum absolute atomic E-state index is 12.5. The van der Waals surface area contributed by atoms with Gasteiger partial charge in [-0.3, -0.25) is 14.9 Å². The number of hydrogen-bond donors (Lipinski definition) is 2. The average Bonchev–Trinajstić information content (AvgIpc) is 3.20. The van der Waals surface area contributed by atoms with Crippen molar-refractivity contribution in [2.45, 2.75) is 31.1 Å². The molecule has 8 heteroatoms. The standard InChI is InChI=1S/C23H22N6O2/c1-31-20-12-24-13-26-23(20)17-9-16(10-17)19-11-21(29-28-19)27-22(30)8-14-4-5-18-15(7-14)3-2-6-25-18/h2-7,11-13,16-17H,8-10H2,1H3,(H2,27,28,29,30). The number of benzene rings is 1. The third-order valence-corrected chi connectivity index (χ3v) is 5.79. The molecule has 4 aromatic rings. The van der Waals surface area contributed by atoms with Crippen LogP contribution in [0.2, 0.25) is 0 Å². The Morgan fingerprint density at radius 3 is 2.97 bits per heavy atom. The summed E-state index contributed by atoms with van der Waals surface area (Å²) in [6, 6.07) is 11.7. The van der Waals surface area contributed by atoms with Gasteiger partial charge in [0.1, 0.15) is 6.33 Å². The summed E-state index contributed by atoms with van der Waals surface area (Å²) in [4.78, 5) is 25.2. The Labute approximate surface area is 179 Å². The Bertz CT molecular complexity index is 1230. The molecule has 2 N–H and O–H groups in total. The molecule has 0 saturated heterocycles. The molecule has 31 heavy (non-hydrogen) atoms. The number of ether oxygens (including phenoxy) is 1. The molecule has 3 heterocycles. The van der Waals surface area contributed by atoms with E-state index in [1.165, 1.54) is 0 Å². The molecule has 5 rings (SSSR count). The van der Waals surface area contributed by atoms with Crippen molar-refractivity contribution in [1.82, 2.24) is 25.1 Å². The number of H-pyrrole nitrogens is 1. The summed E-state index contributed by atoms with van der Waals surface area (Å²) in [6.07, 6.45) is 7.21. The monoisotopic (exact) mass is 414 g/mol. The number of methoxy groups -OCH3 is 1. The van der Waals surface area contributed by atoms with Crippen LogP contribution in [-0.2, 0) is 11.2 Å². The summed E-state index contributed by atoms with van der Waals surface area (Å²) >= 11 is 0. The third-order valence-electron chi connectivity index (χ3n) is 5.79. The lowest BCUT2D eigenvalue weighted by molar-refractivity contribution is -0.115. The van der Waals surface area contributed by atoms with E-state index in [1.54, 1.807) is 25.8 Å². The van der Waals surface area contributed by atoms with E-state index in [9.17, 15) is 4.79 Å². The van der Waals surface area contributed by atoms with Crippen LogP contribution in [0.5, 0.6) is 5.75 Å². The summed E-state index contributed by atoms with van der Waals surface area (Å²) in [5.41, 5.74) is 3.83. The fourth-order valence-corrected chi connectivity index (χ4v) is 4.10. The third kappa shape index (κ3) is 3.96. The van der Waals surface area contributed by atoms with Gasteiger partial charge in [0, 0.05) is 35.2 Å². The van der Waals surface area contributed by atoms with Gasteiger partial charge in [0.15, 0.2) is 11.6 Å². The molecule has 3 aromatic heterocycles. The first-order chi connectivity index (χ1) is 15.2. The summed E-state index contributed by atoms with van der Waals surface area (Å²) < 4.78 is 5.37. The van der Waals surface area contributed by atoms with Crippen LogP contribution in [0.25, 0.3) is 10.9 Å². The van der Waals surface area contributed by atoms with Gasteiger partial charge in [-0.25, -0.2) is 9.97 Å². The highest BCUT2D eigenvalue weighted by atomic mass is 16.5. The van der Waals surface area contributed by atoms with Crippen molar-refractivity contribution in [2.24, 2.45) is 0 Å². The molecule has 1 fully saturated rings. The molecule has 8 nitrogen and oxygen atoms in total. The van der Waals surface area contributed by atoms with Crippen molar-refractivity contribution in [3.8, 4) is 5.75 Å². The van der Waals surface area contributed by atoms with Crippen molar-refractivity contribution in [2.75, 3.05) is 12.4 Å². The van der Waals surface area contributed by atoms with Gasteiger partial charge in [0.25, 0.3) is 0 Å². The predicted molar refractivity (Wildman–Crippen MR) is 116 cm³/mol. The van der Waals surface area contributed by atoms with Crippen LogP contribution in [0, 0.1) is 0 Å². The molecule has 0 bridgehead atoms. The first-order valence-electron chi connectivity index (χ1n) is 10.2. The van der Waals surface area contributed by atoms with Crippen molar-refractivity contribution < 1.29 is 9.53 Å². The molecular formula is C23H22N6O2. The molecule has 1 amide bonds. The van der Waals surface area contributed by atoms with Crippen LogP contribution in [0.15, 0.2) is 55.1 Å². The van der Waals surface area contributed by atoms with Crippen LogP contribution < -0.4 is 10.1 Å². The number of hydrogen-bond acceptors (Lipinski definition) is 6. The van der Waals surface area contributed by atoms with Crippen molar-refractivity contribution in [1.29, 1.82) is 0 Å². The number of aromatic nitrogens is 5. The molecule has 1 aromatic carbocycles. The minimum atomic E-state index is -0.0986. The SMILES string of the molecule is COc1cncnc1C1CC(c2cc(NC(=O)Cc3ccc4ncccc4c3)n[nH]2)C1. The Morgan fingerprint density at radius 2 is 2.10 bits per heavy atom. The maximum Gasteiger partial charge on any atom is 0.229 e. The summed E-state index contributed by atoms with van der Waals surface area (Å²) in [5, 5.41) is 11.2. The van der Waals surface area contributed by atoms with Gasteiger partial charge < -0.3 is 10.1 Å². The fraction of sp³-hybridized carbons (Fsp3) is 0.261. The van der Waals surface area contributed by atoms with Crippen LogP contribution in [0.4, 0.5) is 5.82 Å². The first kappa shape index (κ1) is 19.2. The lowest BCUT2D eigenvalue weighted by atomic mass is 9.71. The Kier molecular flexibility index (Phi) is 5.03. The van der Waals surface area contributed by atoms with Crippen molar-refractivity contribution in [3.05, 3.63) is 72.1 Å². The van der Waals surface area contributed by atoms with Gasteiger partial charge in [-0.1, -0.05) is 12.1 Å². The van der Waals surface area contributed by atoms with E-state index in [-0.39, 0.29) is 12.3 Å². The van der Waals surface area contributed by atoms with Crippen LogP contribution in [0.1, 0.15) is 41.6 Å². The number of rotatable bonds is 6. The smallest absolute Gasteiger partial charge is 0.229 e. The number of pyridine rings is 1. The van der Waals surface area contributed by atoms with Crippen LogP contribution in [0.3, 0.4) is 0 Å². The number of fused-ring (bicyclic) bond motifs is 1. The fourth-order valence-electron chi connectivity index (χ4n) is 4.10. The van der Waals surface area contributed by atoms with E-state index >= 15 is 0 Å². The van der Waals surface area contributed by atoms with Gasteiger partial charge in [-0.2, -0.15) is 5.10 Å². The molecule has 0 aliphatic heterocycles. The van der Waals surface area contributed by atoms with E-state index in [0.29, 0.717) is 17.7 Å². The predicted octanol–water partition coefficient (Wildman–Crippen LogP) is 3.60. The van der Waals surface area contributed by atoms with Crippen LogP contribution >= 0.6 is 0 Å². The second kappa shape index (κ2) is 8.14. The molecule has 1 aliphatic rings. The zero-order chi connectivity index (χ0) is 21.2. The second-order valence-corrected chi connectivity index (χ2v) is 7.81. The summed E-state index contributed by atoms with van der Waals surface area (Å²) in [6.45, 7) is 0. The molecule has 0 spiro atoms. The Morgan fingerprint density at radius 1 is 1.19 bits per heavy atom. The van der Waals surface area contributed by atoms with Gasteiger partial charge in [0.05, 0.1) is 30.9 Å². The van der Waals surface area contributed by atoms with Gasteiger partial charge >= 0.3 is 0 Å². The quantitative estimate of drug-likeness (QED) is 0.499. The van der Waals surface area contributed by atoms with Gasteiger partial charge in [0.2, 0.25) is 5.91 Å². The average molecular weight is 414 g/mol. The Hall–Kier alpha value is -3.81. The largest absolute Gasteiger partial charge is 0.493 e. The summed E-state index contributed by atoms with van der Waals surface area (Å²) in [7, 11) is 1.64. The highest BCUT2D eigenvalue weighted by molar-refractivity contribution is 5.92. The maximum atomic E-state index is 12.5. The van der Waals surface area contributed by atoms with E-state index in [1.807, 2.05) is 36.4 Å². The minimum Gasteiger partial charge on any atom is -0.493 e. The number of anilines is 1. The van der Waals surface area contributed by atoms with E-state index in [0.717, 1.165) is 46.4 Å². The van der Waals surface area contributed by atoms with E-state index in [4.69, 9.17) is 4.74 Å². The number of aromatic amines is 1. The molecule has 1 saturated carbocycles. The molecule has 0 unspecified atom stereocenters. The number of carbonyl (C=O) groups is 1. The lowest BCUT2D eigenvalue weighted by Crippen LogP contribution is -2.22. The summed E-state index contributed by atoms with van der Waals surface area (Å²) in [5.74, 6) is 1.87. The first-order valence-corrected chi connectivity index (χ1v) is 10.2. The highest BCUT2D eigenvalue weighted by Crippen LogP contribution is 2.48. The number of carbonyl (C=O) groups excluding carboxylic acids is 1. The van der Waals surface area contributed by atoms with Gasteiger partial charge in [-0.05, 0) is 36.6 Å². The number of nitrogens with zero attached hydrogens (tertiary/aromatic N) is 4. The zero-order valence-corrected chi connectivity index (χ0v) is 17.1. The van der Waals surface area contributed by atoms with E-state index in [2.05, 4.69) is 30.5 Å². The minimum absolute atomic E-state index is 0.0986. The Balaban J connectivity index is 1.19. The molecule has 156 valence electrons. The zero-order valence-electron chi connectivity index (χ0n) is 17.1. The van der Waals surface area contributed by atoms with E-state index < -0.39 is 0 Å². The van der Waals surface area contributed by atoms with Crippen LogP contribution in [-0.4, -0.2) is 38.2 Å².